The van der Waals surface area contributed by atoms with E-state index >= 15 is 0 Å². The summed E-state index contributed by atoms with van der Waals surface area (Å²) in [5, 5.41) is 0. The normalized spacial score (nSPS) is 34.6. The lowest BCUT2D eigenvalue weighted by molar-refractivity contribution is -0.198. The topological polar surface area (TPSA) is 30.9 Å². The van der Waals surface area contributed by atoms with Gasteiger partial charge in [0.2, 0.25) is 0 Å². The molecule has 0 N–H and O–H groups in total. The van der Waals surface area contributed by atoms with E-state index in [-0.39, 0.29) is 5.54 Å². The van der Waals surface area contributed by atoms with Gasteiger partial charge in [0.1, 0.15) is 0 Å². The number of hydrogen-bond donors (Lipinski definition) is 0. The molecule has 1 atom stereocenters. The minimum atomic E-state index is -0.418. The van der Waals surface area contributed by atoms with Crippen LogP contribution in [-0.4, -0.2) is 57.3 Å². The molecule has 15 heavy (non-hydrogen) atoms. The van der Waals surface area contributed by atoms with Crippen LogP contribution in [0.5, 0.6) is 0 Å². The molecule has 4 heteroatoms. The van der Waals surface area contributed by atoms with E-state index in [9.17, 15) is 0 Å². The third-order valence-corrected chi connectivity index (χ3v) is 3.93. The van der Waals surface area contributed by atoms with Crippen LogP contribution >= 0.6 is 0 Å². The van der Waals surface area contributed by atoms with Crippen molar-refractivity contribution in [2.45, 2.75) is 30.6 Å². The van der Waals surface area contributed by atoms with E-state index in [1.807, 2.05) is 0 Å². The highest BCUT2D eigenvalue weighted by atomic mass is 16.7. The molecule has 0 aromatic rings. The maximum Gasteiger partial charge on any atom is 0.182 e. The first-order chi connectivity index (χ1) is 7.20. The van der Waals surface area contributed by atoms with Gasteiger partial charge in [0, 0.05) is 33.3 Å². The highest BCUT2D eigenvalue weighted by Crippen LogP contribution is 2.45. The Bertz CT molecular complexity index is 230. The SMILES string of the molecule is COCC12CCCN1CC(OC)(OC)C2. The van der Waals surface area contributed by atoms with Crippen molar-refractivity contribution in [3.63, 3.8) is 0 Å². The molecule has 2 saturated heterocycles. The Hall–Kier alpha value is -0.160. The summed E-state index contributed by atoms with van der Waals surface area (Å²) < 4.78 is 16.4. The molecule has 2 heterocycles. The Morgan fingerprint density at radius 3 is 2.53 bits per heavy atom. The van der Waals surface area contributed by atoms with Crippen LogP contribution in [0.1, 0.15) is 19.3 Å². The fourth-order valence-electron chi connectivity index (χ4n) is 3.13. The van der Waals surface area contributed by atoms with E-state index in [2.05, 4.69) is 4.90 Å². The minimum absolute atomic E-state index is 0.154. The van der Waals surface area contributed by atoms with Crippen molar-refractivity contribution in [3.8, 4) is 0 Å². The Morgan fingerprint density at radius 1 is 1.20 bits per heavy atom. The largest absolute Gasteiger partial charge is 0.383 e. The predicted octanol–water partition coefficient (Wildman–Crippen LogP) is 0.860. The number of rotatable bonds is 4. The van der Waals surface area contributed by atoms with Gasteiger partial charge in [-0.2, -0.15) is 0 Å². The van der Waals surface area contributed by atoms with Gasteiger partial charge in [-0.1, -0.05) is 0 Å². The molecule has 0 aromatic heterocycles. The first-order valence-corrected chi connectivity index (χ1v) is 5.55. The maximum atomic E-state index is 5.54. The summed E-state index contributed by atoms with van der Waals surface area (Å²) in [6.45, 7) is 2.78. The van der Waals surface area contributed by atoms with Gasteiger partial charge in [0.25, 0.3) is 0 Å². The summed E-state index contributed by atoms with van der Waals surface area (Å²) in [6, 6.07) is 0. The summed E-state index contributed by atoms with van der Waals surface area (Å²) >= 11 is 0. The van der Waals surface area contributed by atoms with Crippen molar-refractivity contribution < 1.29 is 14.2 Å². The Morgan fingerprint density at radius 2 is 1.93 bits per heavy atom. The van der Waals surface area contributed by atoms with Crippen LogP contribution in [0.2, 0.25) is 0 Å². The molecule has 0 spiro atoms. The highest BCUT2D eigenvalue weighted by Gasteiger charge is 2.56. The van der Waals surface area contributed by atoms with Gasteiger partial charge in [-0.15, -0.1) is 0 Å². The predicted molar refractivity (Wildman–Crippen MR) is 56.8 cm³/mol. The van der Waals surface area contributed by atoms with Crippen molar-refractivity contribution >= 4 is 0 Å². The average Bonchev–Trinajstić information content (AvgIpc) is 2.72. The standard InChI is InChI=1S/C11H21NO3/c1-13-9-10-5-4-6-12(10)8-11(7-10,14-2)15-3/h4-9H2,1-3H3. The zero-order valence-corrected chi connectivity index (χ0v) is 9.91. The van der Waals surface area contributed by atoms with Gasteiger partial charge in [-0.05, 0) is 19.4 Å². The van der Waals surface area contributed by atoms with E-state index < -0.39 is 5.79 Å². The number of fused-ring (bicyclic) bond motifs is 1. The molecule has 2 aliphatic heterocycles. The molecule has 1 unspecified atom stereocenters. The molecule has 0 aliphatic carbocycles. The Kier molecular flexibility index (Phi) is 3.03. The first-order valence-electron chi connectivity index (χ1n) is 5.55. The number of nitrogens with zero attached hydrogens (tertiary/aromatic N) is 1. The van der Waals surface area contributed by atoms with Crippen molar-refractivity contribution in [1.29, 1.82) is 0 Å². The number of ether oxygens (including phenoxy) is 3. The van der Waals surface area contributed by atoms with E-state index in [0.29, 0.717) is 0 Å². The molecular weight excluding hydrogens is 194 g/mol. The fraction of sp³-hybridized carbons (Fsp3) is 1.00. The minimum Gasteiger partial charge on any atom is -0.383 e. The monoisotopic (exact) mass is 215 g/mol. The Labute approximate surface area is 91.5 Å². The number of hydrogen-bond acceptors (Lipinski definition) is 4. The molecule has 2 aliphatic rings. The zero-order chi connectivity index (χ0) is 10.9. The molecule has 0 saturated carbocycles. The third-order valence-electron chi connectivity index (χ3n) is 3.93. The smallest absolute Gasteiger partial charge is 0.182 e. The molecule has 0 bridgehead atoms. The Balaban J connectivity index is 2.16. The van der Waals surface area contributed by atoms with Crippen LogP contribution in [0.15, 0.2) is 0 Å². The first kappa shape index (κ1) is 11.3. The third kappa shape index (κ3) is 1.69. The van der Waals surface area contributed by atoms with E-state index in [0.717, 1.165) is 26.1 Å². The second-order valence-electron chi connectivity index (χ2n) is 4.68. The molecule has 2 rings (SSSR count). The molecule has 0 amide bonds. The molecular formula is C11H21NO3. The molecule has 0 aromatic carbocycles. The van der Waals surface area contributed by atoms with Gasteiger partial charge < -0.3 is 14.2 Å². The van der Waals surface area contributed by atoms with E-state index in [1.165, 1.54) is 12.8 Å². The van der Waals surface area contributed by atoms with Crippen LogP contribution in [0.3, 0.4) is 0 Å². The van der Waals surface area contributed by atoms with Crippen molar-refractivity contribution in [2.24, 2.45) is 0 Å². The van der Waals surface area contributed by atoms with E-state index in [4.69, 9.17) is 14.2 Å². The fourth-order valence-corrected chi connectivity index (χ4v) is 3.13. The lowest BCUT2D eigenvalue weighted by Gasteiger charge is -2.31. The molecule has 88 valence electrons. The van der Waals surface area contributed by atoms with Crippen LogP contribution in [-0.2, 0) is 14.2 Å². The number of methoxy groups -OCH3 is 3. The van der Waals surface area contributed by atoms with Crippen molar-refractivity contribution in [2.75, 3.05) is 41.0 Å². The zero-order valence-electron chi connectivity index (χ0n) is 9.91. The summed E-state index contributed by atoms with van der Waals surface area (Å²) in [4.78, 5) is 2.46. The van der Waals surface area contributed by atoms with Crippen LogP contribution < -0.4 is 0 Å². The van der Waals surface area contributed by atoms with Crippen molar-refractivity contribution in [1.82, 2.24) is 4.90 Å². The summed E-state index contributed by atoms with van der Waals surface area (Å²) in [5.74, 6) is -0.418. The summed E-state index contributed by atoms with van der Waals surface area (Å²) in [6.07, 6.45) is 3.36. The second-order valence-corrected chi connectivity index (χ2v) is 4.68. The lowest BCUT2D eigenvalue weighted by atomic mass is 9.93. The van der Waals surface area contributed by atoms with Gasteiger partial charge in [0.05, 0.1) is 13.2 Å². The van der Waals surface area contributed by atoms with Gasteiger partial charge in [-0.25, -0.2) is 0 Å². The lowest BCUT2D eigenvalue weighted by Crippen LogP contribution is -2.42. The molecule has 2 fully saturated rings. The van der Waals surface area contributed by atoms with E-state index in [1.54, 1.807) is 21.3 Å². The summed E-state index contributed by atoms with van der Waals surface area (Å²) in [5.41, 5.74) is 0.154. The van der Waals surface area contributed by atoms with Gasteiger partial charge in [-0.3, -0.25) is 4.90 Å². The van der Waals surface area contributed by atoms with Crippen LogP contribution in [0.25, 0.3) is 0 Å². The van der Waals surface area contributed by atoms with Gasteiger partial charge in [0.15, 0.2) is 5.79 Å². The summed E-state index contributed by atoms with van der Waals surface area (Å²) in [7, 11) is 5.23. The van der Waals surface area contributed by atoms with Crippen LogP contribution in [0.4, 0.5) is 0 Å². The van der Waals surface area contributed by atoms with Crippen molar-refractivity contribution in [3.05, 3.63) is 0 Å². The highest BCUT2D eigenvalue weighted by molar-refractivity contribution is 5.07. The molecule has 4 nitrogen and oxygen atoms in total. The molecule has 0 radical (unpaired) electrons. The maximum absolute atomic E-state index is 5.54. The average molecular weight is 215 g/mol. The second kappa shape index (κ2) is 4.01. The van der Waals surface area contributed by atoms with Crippen LogP contribution in [0, 0.1) is 0 Å². The quantitative estimate of drug-likeness (QED) is 0.651. The van der Waals surface area contributed by atoms with Gasteiger partial charge >= 0.3 is 0 Å².